The van der Waals surface area contributed by atoms with Gasteiger partial charge in [-0.1, -0.05) is 19.3 Å². The summed E-state index contributed by atoms with van der Waals surface area (Å²) in [6.45, 7) is 0.527. The van der Waals surface area contributed by atoms with Crippen molar-refractivity contribution in [2.45, 2.75) is 44.9 Å². The van der Waals surface area contributed by atoms with Gasteiger partial charge >= 0.3 is 5.97 Å². The number of thioether (sulfide) groups is 1. The van der Waals surface area contributed by atoms with Crippen molar-refractivity contribution >= 4 is 29.4 Å². The molecule has 6 nitrogen and oxygen atoms in total. The number of ketones is 1. The van der Waals surface area contributed by atoms with Crippen molar-refractivity contribution in [2.24, 2.45) is 11.8 Å². The number of carboxylic acid groups (broad SMARTS) is 1. The topological polar surface area (TPSA) is 96.4 Å². The van der Waals surface area contributed by atoms with Gasteiger partial charge in [0.25, 0.3) is 0 Å². The van der Waals surface area contributed by atoms with Crippen LogP contribution in [0.15, 0.2) is 24.5 Å². The van der Waals surface area contributed by atoms with E-state index in [1.165, 1.54) is 37.2 Å². The monoisotopic (exact) mass is 392 g/mol. The largest absolute Gasteiger partial charge is 0.481 e. The van der Waals surface area contributed by atoms with Crippen molar-refractivity contribution in [1.29, 1.82) is 0 Å². The van der Waals surface area contributed by atoms with Gasteiger partial charge in [-0.2, -0.15) is 11.8 Å². The second-order valence-electron chi connectivity index (χ2n) is 7.04. The summed E-state index contributed by atoms with van der Waals surface area (Å²) in [5.41, 5.74) is 0.434. The molecule has 1 atom stereocenters. The van der Waals surface area contributed by atoms with Gasteiger partial charge in [-0.15, -0.1) is 0 Å². The average molecular weight is 393 g/mol. The van der Waals surface area contributed by atoms with E-state index >= 15 is 0 Å². The van der Waals surface area contributed by atoms with E-state index in [1.807, 2.05) is 0 Å². The Kier molecular flexibility index (Phi) is 9.31. The lowest BCUT2D eigenvalue weighted by molar-refractivity contribution is -0.140. The molecule has 1 aromatic heterocycles. The Morgan fingerprint density at radius 1 is 1.26 bits per heavy atom. The second kappa shape index (κ2) is 11.7. The summed E-state index contributed by atoms with van der Waals surface area (Å²) in [5.74, 6) is -0.329. The molecule has 27 heavy (non-hydrogen) atoms. The lowest BCUT2D eigenvalue weighted by atomic mass is 9.87. The number of aliphatic carboxylic acids is 1. The summed E-state index contributed by atoms with van der Waals surface area (Å²) in [5, 5.41) is 12.3. The molecule has 1 aliphatic carbocycles. The molecule has 1 unspecified atom stereocenters. The van der Waals surface area contributed by atoms with Gasteiger partial charge in [0.05, 0.1) is 5.92 Å². The van der Waals surface area contributed by atoms with Crippen LogP contribution in [0.1, 0.15) is 55.3 Å². The van der Waals surface area contributed by atoms with Crippen LogP contribution in [0.2, 0.25) is 0 Å². The molecule has 1 heterocycles. The summed E-state index contributed by atoms with van der Waals surface area (Å²) >= 11 is 1.45. The molecule has 1 aromatic rings. The van der Waals surface area contributed by atoms with Crippen LogP contribution < -0.4 is 5.32 Å². The van der Waals surface area contributed by atoms with Gasteiger partial charge in [-0.25, -0.2) is 0 Å². The molecule has 1 aliphatic rings. The Morgan fingerprint density at radius 2 is 2.04 bits per heavy atom. The molecule has 0 aromatic carbocycles. The van der Waals surface area contributed by atoms with E-state index < -0.39 is 11.9 Å². The number of hydrogen-bond acceptors (Lipinski definition) is 5. The number of nitrogens with one attached hydrogen (secondary N) is 1. The molecule has 0 spiro atoms. The van der Waals surface area contributed by atoms with Gasteiger partial charge in [-0.05, 0) is 30.9 Å². The van der Waals surface area contributed by atoms with Crippen LogP contribution >= 0.6 is 11.8 Å². The lowest BCUT2D eigenvalue weighted by Crippen LogP contribution is -2.28. The Balaban J connectivity index is 1.63. The van der Waals surface area contributed by atoms with Gasteiger partial charge in [0, 0.05) is 48.8 Å². The molecule has 1 fully saturated rings. The van der Waals surface area contributed by atoms with E-state index in [0.29, 0.717) is 36.0 Å². The minimum atomic E-state index is -0.971. The van der Waals surface area contributed by atoms with Crippen molar-refractivity contribution in [1.82, 2.24) is 10.3 Å². The number of rotatable bonds is 11. The number of pyridine rings is 1. The molecule has 7 heteroatoms. The van der Waals surface area contributed by atoms with Gasteiger partial charge in [0.1, 0.15) is 0 Å². The van der Waals surface area contributed by atoms with Crippen molar-refractivity contribution in [3.8, 4) is 0 Å². The standard InChI is InChI=1S/C20H28N2O4S/c23-18(16-7-4-8-21-13-16)12-17(20(25)26)14-27-10-9-22-19(24)11-15-5-2-1-3-6-15/h4,7-8,13,15,17H,1-3,5-6,9-12,14H2,(H,22,24)(H,25,26). The highest BCUT2D eigenvalue weighted by Crippen LogP contribution is 2.26. The Bertz CT molecular complexity index is 618. The van der Waals surface area contributed by atoms with Crippen molar-refractivity contribution in [3.63, 3.8) is 0 Å². The van der Waals surface area contributed by atoms with E-state index in [1.54, 1.807) is 18.3 Å². The zero-order chi connectivity index (χ0) is 19.5. The molecule has 0 bridgehead atoms. The summed E-state index contributed by atoms with van der Waals surface area (Å²) in [6.07, 6.45) is 9.61. The first-order valence-corrected chi connectivity index (χ1v) is 10.7. The van der Waals surface area contributed by atoms with Crippen molar-refractivity contribution in [2.75, 3.05) is 18.1 Å². The Morgan fingerprint density at radius 3 is 2.70 bits per heavy atom. The van der Waals surface area contributed by atoms with Crippen LogP contribution in [-0.2, 0) is 9.59 Å². The number of aromatic nitrogens is 1. The Hall–Kier alpha value is -1.89. The lowest BCUT2D eigenvalue weighted by Gasteiger charge is -2.20. The maximum atomic E-state index is 12.2. The van der Waals surface area contributed by atoms with E-state index in [4.69, 9.17) is 0 Å². The quantitative estimate of drug-likeness (QED) is 0.443. The van der Waals surface area contributed by atoms with Crippen LogP contribution in [0.5, 0.6) is 0 Å². The minimum Gasteiger partial charge on any atom is -0.481 e. The summed E-state index contributed by atoms with van der Waals surface area (Å²) in [4.78, 5) is 39.4. The molecule has 148 valence electrons. The molecule has 0 saturated heterocycles. The summed E-state index contributed by atoms with van der Waals surface area (Å²) in [6, 6.07) is 3.30. The van der Waals surface area contributed by atoms with Gasteiger partial charge in [0.2, 0.25) is 5.91 Å². The smallest absolute Gasteiger partial charge is 0.307 e. The van der Waals surface area contributed by atoms with Gasteiger partial charge < -0.3 is 10.4 Å². The molecule has 0 aliphatic heterocycles. The number of nitrogens with zero attached hydrogens (tertiary/aromatic N) is 1. The highest BCUT2D eigenvalue weighted by molar-refractivity contribution is 7.99. The highest BCUT2D eigenvalue weighted by atomic mass is 32.2. The number of Topliss-reactive ketones (excluding diaryl/α,β-unsaturated/α-hetero) is 1. The van der Waals surface area contributed by atoms with Crippen LogP contribution in [0.25, 0.3) is 0 Å². The summed E-state index contributed by atoms with van der Waals surface area (Å²) < 4.78 is 0. The highest BCUT2D eigenvalue weighted by Gasteiger charge is 2.22. The predicted octanol–water partition coefficient (Wildman–Crippen LogP) is 3.18. The third-order valence-electron chi connectivity index (χ3n) is 4.85. The molecule has 1 amide bonds. The van der Waals surface area contributed by atoms with Gasteiger partial charge in [0.15, 0.2) is 5.78 Å². The summed E-state index contributed by atoms with van der Waals surface area (Å²) in [7, 11) is 0. The fraction of sp³-hybridized carbons (Fsp3) is 0.600. The van der Waals surface area contributed by atoms with Crippen LogP contribution in [-0.4, -0.2) is 45.8 Å². The van der Waals surface area contributed by atoms with E-state index in [2.05, 4.69) is 10.3 Å². The average Bonchev–Trinajstić information content (AvgIpc) is 2.68. The second-order valence-corrected chi connectivity index (χ2v) is 8.19. The molecular formula is C20H28N2O4S. The first-order chi connectivity index (χ1) is 13.1. The SMILES string of the molecule is O=C(CC1CCCCC1)NCCSCC(CC(=O)c1cccnc1)C(=O)O. The zero-order valence-corrected chi connectivity index (χ0v) is 16.4. The van der Waals surface area contributed by atoms with E-state index in [-0.39, 0.29) is 18.1 Å². The first kappa shape index (κ1) is 21.4. The number of hydrogen-bond donors (Lipinski definition) is 2. The third kappa shape index (κ3) is 8.12. The third-order valence-corrected chi connectivity index (χ3v) is 5.98. The molecule has 1 saturated carbocycles. The van der Waals surface area contributed by atoms with Crippen LogP contribution in [0, 0.1) is 11.8 Å². The van der Waals surface area contributed by atoms with Crippen molar-refractivity contribution in [3.05, 3.63) is 30.1 Å². The Labute approximate surface area is 164 Å². The van der Waals surface area contributed by atoms with Crippen molar-refractivity contribution < 1.29 is 19.5 Å². The van der Waals surface area contributed by atoms with Crippen LogP contribution in [0.3, 0.4) is 0 Å². The minimum absolute atomic E-state index is 0.0396. The molecule has 2 rings (SSSR count). The fourth-order valence-corrected chi connectivity index (χ4v) is 4.26. The predicted molar refractivity (Wildman–Crippen MR) is 106 cm³/mol. The fourth-order valence-electron chi connectivity index (χ4n) is 3.30. The number of carboxylic acids is 1. The number of carbonyl (C=O) groups excluding carboxylic acids is 2. The maximum Gasteiger partial charge on any atom is 0.307 e. The van der Waals surface area contributed by atoms with Gasteiger partial charge in [-0.3, -0.25) is 19.4 Å². The number of amides is 1. The van der Waals surface area contributed by atoms with E-state index in [0.717, 1.165) is 12.8 Å². The molecular weight excluding hydrogens is 364 g/mol. The maximum absolute atomic E-state index is 12.2. The molecule has 0 radical (unpaired) electrons. The molecule has 2 N–H and O–H groups in total. The normalized spacial score (nSPS) is 15.9. The van der Waals surface area contributed by atoms with E-state index in [9.17, 15) is 19.5 Å². The zero-order valence-electron chi connectivity index (χ0n) is 15.6. The van der Waals surface area contributed by atoms with Crippen LogP contribution in [0.4, 0.5) is 0 Å². The number of carbonyl (C=O) groups is 3. The first-order valence-electron chi connectivity index (χ1n) is 9.56.